The maximum atomic E-state index is 11.9. The Balaban J connectivity index is 1.40. The minimum atomic E-state index is 0.0795. The van der Waals surface area contributed by atoms with Gasteiger partial charge in [-0.15, -0.1) is 0 Å². The molecule has 2 heterocycles. The van der Waals surface area contributed by atoms with E-state index in [-0.39, 0.29) is 5.91 Å². The van der Waals surface area contributed by atoms with Crippen LogP contribution in [-0.4, -0.2) is 41.6 Å². The van der Waals surface area contributed by atoms with Crippen LogP contribution in [0, 0.1) is 6.92 Å². The predicted octanol–water partition coefficient (Wildman–Crippen LogP) is 2.40. The summed E-state index contributed by atoms with van der Waals surface area (Å²) in [6, 6.07) is 12.5. The van der Waals surface area contributed by atoms with E-state index in [1.165, 1.54) is 17.5 Å². The molecule has 0 bridgehead atoms. The molecule has 4 nitrogen and oxygen atoms in total. The van der Waals surface area contributed by atoms with Gasteiger partial charge in [0.25, 0.3) is 0 Å². The summed E-state index contributed by atoms with van der Waals surface area (Å²) in [5.74, 6) is 0.711. The molecule has 3 rings (SSSR count). The van der Waals surface area contributed by atoms with E-state index in [0.717, 1.165) is 26.2 Å². The van der Waals surface area contributed by atoms with E-state index < -0.39 is 0 Å². The Labute approximate surface area is 138 Å². The number of hydrogen-bond acceptors (Lipinski definition) is 2. The van der Waals surface area contributed by atoms with Crippen molar-refractivity contribution in [3.05, 3.63) is 59.9 Å². The van der Waals surface area contributed by atoms with Gasteiger partial charge in [-0.25, -0.2) is 0 Å². The summed E-state index contributed by atoms with van der Waals surface area (Å²) >= 11 is 0. The normalized spacial score (nSPS) is 18.2. The van der Waals surface area contributed by atoms with E-state index in [1.54, 1.807) is 0 Å². The molecule has 0 saturated carbocycles. The predicted molar refractivity (Wildman–Crippen MR) is 92.4 cm³/mol. The minimum Gasteiger partial charge on any atom is -0.353 e. The first-order valence-electron chi connectivity index (χ1n) is 8.38. The molecular formula is C19H25N3O. The van der Waals surface area contributed by atoms with Crippen LogP contribution in [0.3, 0.4) is 0 Å². The van der Waals surface area contributed by atoms with E-state index in [2.05, 4.69) is 41.4 Å². The van der Waals surface area contributed by atoms with Crippen LogP contribution in [-0.2, 0) is 11.3 Å². The molecule has 1 aromatic carbocycles. The lowest BCUT2D eigenvalue weighted by Gasteiger charge is -2.17. The van der Waals surface area contributed by atoms with Gasteiger partial charge in [-0.3, -0.25) is 4.79 Å². The zero-order valence-electron chi connectivity index (χ0n) is 13.7. The molecule has 23 heavy (non-hydrogen) atoms. The number of nitrogens with one attached hydrogen (secondary N) is 1. The second-order valence-electron chi connectivity index (χ2n) is 6.35. The van der Waals surface area contributed by atoms with Crippen LogP contribution in [0.4, 0.5) is 0 Å². The standard InChI is InChI=1S/C19H25N3O/c1-16-6-2-3-7-18(16)17-8-12-22(14-17)13-9-20-19(23)15-21-10-4-5-11-21/h2-7,10-11,17H,8-9,12-15H2,1H3,(H,20,23). The van der Waals surface area contributed by atoms with Gasteiger partial charge in [0.2, 0.25) is 5.91 Å². The number of carbonyl (C=O) groups excluding carboxylic acids is 1. The second-order valence-corrected chi connectivity index (χ2v) is 6.35. The van der Waals surface area contributed by atoms with Crippen LogP contribution < -0.4 is 5.32 Å². The number of amides is 1. The molecule has 122 valence electrons. The number of benzene rings is 1. The maximum Gasteiger partial charge on any atom is 0.239 e. The van der Waals surface area contributed by atoms with Crippen LogP contribution in [0.2, 0.25) is 0 Å². The van der Waals surface area contributed by atoms with Gasteiger partial charge in [0.15, 0.2) is 0 Å². The van der Waals surface area contributed by atoms with Crippen molar-refractivity contribution in [2.75, 3.05) is 26.2 Å². The SMILES string of the molecule is Cc1ccccc1C1CCN(CCNC(=O)Cn2cccc2)C1. The fraction of sp³-hybridized carbons (Fsp3) is 0.421. The Morgan fingerprint density at radius 2 is 2.00 bits per heavy atom. The van der Waals surface area contributed by atoms with E-state index in [0.29, 0.717) is 12.5 Å². The van der Waals surface area contributed by atoms with Gasteiger partial charge in [0.1, 0.15) is 6.54 Å². The number of hydrogen-bond donors (Lipinski definition) is 1. The number of likely N-dealkylation sites (tertiary alicyclic amines) is 1. The summed E-state index contributed by atoms with van der Waals surface area (Å²) in [6.45, 7) is 6.46. The second kappa shape index (κ2) is 7.47. The number of aromatic nitrogens is 1. The van der Waals surface area contributed by atoms with Crippen LogP contribution >= 0.6 is 0 Å². The molecule has 4 heteroatoms. The fourth-order valence-corrected chi connectivity index (χ4v) is 3.39. The van der Waals surface area contributed by atoms with Crippen LogP contribution in [0.15, 0.2) is 48.8 Å². The summed E-state index contributed by atoms with van der Waals surface area (Å²) in [5, 5.41) is 3.01. The van der Waals surface area contributed by atoms with Gasteiger partial charge in [-0.2, -0.15) is 0 Å². The van der Waals surface area contributed by atoms with Crippen molar-refractivity contribution in [1.29, 1.82) is 0 Å². The van der Waals surface area contributed by atoms with Crippen molar-refractivity contribution in [3.63, 3.8) is 0 Å². The molecule has 1 aliphatic heterocycles. The average Bonchev–Trinajstić information content (AvgIpc) is 3.20. The number of aryl methyl sites for hydroxylation is 1. The van der Waals surface area contributed by atoms with Crippen molar-refractivity contribution in [2.45, 2.75) is 25.8 Å². The molecule has 0 spiro atoms. The highest BCUT2D eigenvalue weighted by molar-refractivity contribution is 5.75. The van der Waals surface area contributed by atoms with Crippen LogP contribution in [0.25, 0.3) is 0 Å². The number of nitrogens with zero attached hydrogens (tertiary/aromatic N) is 2. The Kier molecular flexibility index (Phi) is 5.13. The van der Waals surface area contributed by atoms with Crippen molar-refractivity contribution in [2.24, 2.45) is 0 Å². The molecule has 1 saturated heterocycles. The van der Waals surface area contributed by atoms with Gasteiger partial charge in [-0.05, 0) is 49.1 Å². The van der Waals surface area contributed by atoms with Crippen molar-refractivity contribution in [3.8, 4) is 0 Å². The van der Waals surface area contributed by atoms with E-state index in [1.807, 2.05) is 29.1 Å². The highest BCUT2D eigenvalue weighted by Crippen LogP contribution is 2.28. The van der Waals surface area contributed by atoms with E-state index in [4.69, 9.17) is 0 Å². The topological polar surface area (TPSA) is 37.3 Å². The maximum absolute atomic E-state index is 11.9. The van der Waals surface area contributed by atoms with Crippen molar-refractivity contribution >= 4 is 5.91 Å². The van der Waals surface area contributed by atoms with Gasteiger partial charge < -0.3 is 14.8 Å². The first-order chi connectivity index (χ1) is 11.2. The average molecular weight is 311 g/mol. The fourth-order valence-electron chi connectivity index (χ4n) is 3.39. The minimum absolute atomic E-state index is 0.0795. The molecular weight excluding hydrogens is 286 g/mol. The molecule has 1 unspecified atom stereocenters. The molecule has 1 aromatic heterocycles. The summed E-state index contributed by atoms with van der Waals surface area (Å²) in [6.07, 6.45) is 5.03. The Morgan fingerprint density at radius 3 is 2.78 bits per heavy atom. The molecule has 2 aromatic rings. The van der Waals surface area contributed by atoms with Crippen molar-refractivity contribution < 1.29 is 4.79 Å². The smallest absolute Gasteiger partial charge is 0.239 e. The van der Waals surface area contributed by atoms with Gasteiger partial charge in [-0.1, -0.05) is 24.3 Å². The van der Waals surface area contributed by atoms with E-state index >= 15 is 0 Å². The Hall–Kier alpha value is -2.07. The zero-order valence-corrected chi connectivity index (χ0v) is 13.7. The molecule has 1 N–H and O–H groups in total. The van der Waals surface area contributed by atoms with Gasteiger partial charge in [0.05, 0.1) is 0 Å². The van der Waals surface area contributed by atoms with E-state index in [9.17, 15) is 4.79 Å². The van der Waals surface area contributed by atoms with Gasteiger partial charge >= 0.3 is 0 Å². The molecule has 1 aliphatic rings. The highest BCUT2D eigenvalue weighted by Gasteiger charge is 2.24. The van der Waals surface area contributed by atoms with Crippen LogP contribution in [0.1, 0.15) is 23.5 Å². The highest BCUT2D eigenvalue weighted by atomic mass is 16.1. The number of rotatable bonds is 6. The third-order valence-corrected chi connectivity index (χ3v) is 4.64. The summed E-state index contributed by atoms with van der Waals surface area (Å²) in [7, 11) is 0. The monoisotopic (exact) mass is 311 g/mol. The third-order valence-electron chi connectivity index (χ3n) is 4.64. The zero-order chi connectivity index (χ0) is 16.1. The molecule has 1 amide bonds. The Morgan fingerprint density at radius 1 is 1.22 bits per heavy atom. The molecule has 0 aliphatic carbocycles. The summed E-state index contributed by atoms with van der Waals surface area (Å²) in [5.41, 5.74) is 2.87. The van der Waals surface area contributed by atoms with Crippen molar-refractivity contribution in [1.82, 2.24) is 14.8 Å². The Bertz CT molecular complexity index is 636. The molecule has 1 fully saturated rings. The molecule has 0 radical (unpaired) electrons. The largest absolute Gasteiger partial charge is 0.353 e. The third kappa shape index (κ3) is 4.23. The first-order valence-corrected chi connectivity index (χ1v) is 8.38. The van der Waals surface area contributed by atoms with Gasteiger partial charge in [0, 0.05) is 32.0 Å². The van der Waals surface area contributed by atoms with Crippen LogP contribution in [0.5, 0.6) is 0 Å². The quantitative estimate of drug-likeness (QED) is 0.889. The lowest BCUT2D eigenvalue weighted by molar-refractivity contribution is -0.121. The first kappa shape index (κ1) is 15.8. The lowest BCUT2D eigenvalue weighted by atomic mass is 9.94. The lowest BCUT2D eigenvalue weighted by Crippen LogP contribution is -2.35. The summed E-state index contributed by atoms with van der Waals surface area (Å²) < 4.78 is 1.89. The molecule has 1 atom stereocenters. The summed E-state index contributed by atoms with van der Waals surface area (Å²) in [4.78, 5) is 14.3. The number of carbonyl (C=O) groups is 1.